The average molecular weight is 206 g/mol. The second kappa shape index (κ2) is 4.44. The number of nitrogens with one attached hydrogen (secondary N) is 1. The molecule has 0 aromatic carbocycles. The monoisotopic (exact) mass is 206 g/mol. The van der Waals surface area contributed by atoms with Crippen molar-refractivity contribution in [2.75, 3.05) is 37.6 Å². The molecule has 0 saturated carbocycles. The predicted molar refractivity (Wildman–Crippen MR) is 59.1 cm³/mol. The first-order valence-electron chi connectivity index (χ1n) is 5.30. The van der Waals surface area contributed by atoms with Gasteiger partial charge in [0.2, 0.25) is 0 Å². The lowest BCUT2D eigenvalue weighted by atomic mass is 10.3. The highest BCUT2D eigenvalue weighted by molar-refractivity contribution is 5.44. The molecule has 0 spiro atoms. The van der Waals surface area contributed by atoms with Gasteiger partial charge in [0.15, 0.2) is 0 Å². The lowest BCUT2D eigenvalue weighted by Gasteiger charge is -2.34. The first-order valence-corrected chi connectivity index (χ1v) is 5.30. The maximum atomic E-state index is 7.44. The van der Waals surface area contributed by atoms with Crippen LogP contribution >= 0.6 is 0 Å². The molecule has 1 N–H and O–H groups in total. The maximum absolute atomic E-state index is 7.44. The highest BCUT2D eigenvalue weighted by atomic mass is 15.3. The van der Waals surface area contributed by atoms with Crippen LogP contribution < -0.4 is 10.6 Å². The lowest BCUT2D eigenvalue weighted by Crippen LogP contribution is -2.46. The normalized spacial score (nSPS) is 18.1. The summed E-state index contributed by atoms with van der Waals surface area (Å²) in [5, 5.41) is 0. The van der Waals surface area contributed by atoms with E-state index in [1.165, 1.54) is 6.33 Å². The van der Waals surface area contributed by atoms with Crippen LogP contribution in [0.25, 0.3) is 0 Å². The Morgan fingerprint density at radius 1 is 1.27 bits per heavy atom. The van der Waals surface area contributed by atoms with Gasteiger partial charge in [-0.3, -0.25) is 5.73 Å². The van der Waals surface area contributed by atoms with E-state index < -0.39 is 0 Å². The van der Waals surface area contributed by atoms with E-state index in [2.05, 4.69) is 26.7 Å². The number of anilines is 1. The number of aromatic nitrogens is 2. The minimum Gasteiger partial charge on any atom is -0.354 e. The zero-order valence-electron chi connectivity index (χ0n) is 8.98. The molecule has 1 aliphatic heterocycles. The van der Waals surface area contributed by atoms with Gasteiger partial charge in [-0.15, -0.1) is 0 Å². The molecule has 1 aromatic rings. The smallest absolute Gasteiger partial charge is 0.149 e. The average Bonchev–Trinajstić information content (AvgIpc) is 2.29. The SMILES string of the molecule is CCN1CCN(c2cc([NH])ncn2)CC1. The molecule has 1 saturated heterocycles. The molecule has 0 atom stereocenters. The minimum absolute atomic E-state index is 0.290. The Bertz CT molecular complexity index is 319. The van der Waals surface area contributed by atoms with Gasteiger partial charge in [-0.2, -0.15) is 0 Å². The highest BCUT2D eigenvalue weighted by Crippen LogP contribution is 2.14. The Labute approximate surface area is 89.9 Å². The zero-order chi connectivity index (χ0) is 10.7. The molecular formula is C10H16N5. The van der Waals surface area contributed by atoms with E-state index in [-0.39, 0.29) is 5.82 Å². The number of nitrogens with zero attached hydrogens (tertiary/aromatic N) is 4. The topological polar surface area (TPSA) is 56.1 Å². The van der Waals surface area contributed by atoms with Crippen molar-refractivity contribution in [3.05, 3.63) is 12.4 Å². The standard InChI is InChI=1S/C10H16N5/c1-2-14-3-5-15(6-4-14)10-7-9(11)12-8-13-10/h7-8,11H,2-6H2,1H3. The number of piperazine rings is 1. The molecule has 5 nitrogen and oxygen atoms in total. The van der Waals surface area contributed by atoms with E-state index in [1.54, 1.807) is 6.07 Å². The molecule has 2 rings (SSSR count). The summed E-state index contributed by atoms with van der Waals surface area (Å²) >= 11 is 0. The third-order valence-corrected chi connectivity index (χ3v) is 2.80. The van der Waals surface area contributed by atoms with Crippen LogP contribution in [0.1, 0.15) is 6.92 Å². The Morgan fingerprint density at radius 2 is 2.00 bits per heavy atom. The lowest BCUT2D eigenvalue weighted by molar-refractivity contribution is 0.270. The molecule has 0 bridgehead atoms. The van der Waals surface area contributed by atoms with Crippen molar-refractivity contribution in [3.8, 4) is 0 Å². The predicted octanol–water partition coefficient (Wildman–Crippen LogP) is 0.533. The number of rotatable bonds is 2. The molecule has 0 amide bonds. The molecule has 5 heteroatoms. The van der Waals surface area contributed by atoms with Crippen LogP contribution in [0.3, 0.4) is 0 Å². The quantitative estimate of drug-likeness (QED) is 0.708. The fraction of sp³-hybridized carbons (Fsp3) is 0.600. The second-order valence-corrected chi connectivity index (χ2v) is 3.68. The summed E-state index contributed by atoms with van der Waals surface area (Å²) in [6, 6.07) is 1.72. The van der Waals surface area contributed by atoms with E-state index in [0.29, 0.717) is 0 Å². The van der Waals surface area contributed by atoms with Gasteiger partial charge in [-0.05, 0) is 6.54 Å². The summed E-state index contributed by atoms with van der Waals surface area (Å²) in [6.07, 6.45) is 1.46. The fourth-order valence-electron chi connectivity index (χ4n) is 1.81. The number of hydrogen-bond acceptors (Lipinski definition) is 4. The van der Waals surface area contributed by atoms with Crippen molar-refractivity contribution in [1.82, 2.24) is 20.6 Å². The van der Waals surface area contributed by atoms with E-state index >= 15 is 0 Å². The van der Waals surface area contributed by atoms with E-state index in [1.807, 2.05) is 0 Å². The van der Waals surface area contributed by atoms with Crippen molar-refractivity contribution in [1.29, 1.82) is 0 Å². The van der Waals surface area contributed by atoms with Gasteiger partial charge >= 0.3 is 0 Å². The third kappa shape index (κ3) is 2.36. The summed E-state index contributed by atoms with van der Waals surface area (Å²) in [5.74, 6) is 1.17. The summed E-state index contributed by atoms with van der Waals surface area (Å²) in [6.45, 7) is 7.43. The Hall–Kier alpha value is -1.36. The number of hydrogen-bond donors (Lipinski definition) is 0. The molecular weight excluding hydrogens is 190 g/mol. The van der Waals surface area contributed by atoms with Gasteiger partial charge in [0.1, 0.15) is 18.0 Å². The van der Waals surface area contributed by atoms with Gasteiger partial charge in [0.25, 0.3) is 0 Å². The van der Waals surface area contributed by atoms with Crippen LogP contribution in [0.4, 0.5) is 11.6 Å². The van der Waals surface area contributed by atoms with E-state index in [9.17, 15) is 0 Å². The maximum Gasteiger partial charge on any atom is 0.149 e. The second-order valence-electron chi connectivity index (χ2n) is 3.68. The van der Waals surface area contributed by atoms with Gasteiger partial charge in [0.05, 0.1) is 0 Å². The molecule has 1 aromatic heterocycles. The van der Waals surface area contributed by atoms with E-state index in [4.69, 9.17) is 5.73 Å². The highest BCUT2D eigenvalue weighted by Gasteiger charge is 2.16. The van der Waals surface area contributed by atoms with Crippen LogP contribution in [0.2, 0.25) is 0 Å². The van der Waals surface area contributed by atoms with Crippen molar-refractivity contribution < 1.29 is 0 Å². The molecule has 81 valence electrons. The molecule has 1 aliphatic rings. The zero-order valence-corrected chi connectivity index (χ0v) is 8.98. The van der Waals surface area contributed by atoms with Crippen LogP contribution in [-0.4, -0.2) is 47.6 Å². The third-order valence-electron chi connectivity index (χ3n) is 2.80. The fourth-order valence-corrected chi connectivity index (χ4v) is 1.81. The van der Waals surface area contributed by atoms with Crippen molar-refractivity contribution in [3.63, 3.8) is 0 Å². The summed E-state index contributed by atoms with van der Waals surface area (Å²) in [4.78, 5) is 12.6. The Morgan fingerprint density at radius 3 is 2.60 bits per heavy atom. The summed E-state index contributed by atoms with van der Waals surface area (Å²) < 4.78 is 0. The molecule has 1 radical (unpaired) electrons. The molecule has 0 aliphatic carbocycles. The molecule has 1 fully saturated rings. The Kier molecular flexibility index (Phi) is 3.01. The van der Waals surface area contributed by atoms with E-state index in [0.717, 1.165) is 38.5 Å². The van der Waals surface area contributed by atoms with Gasteiger partial charge < -0.3 is 9.80 Å². The molecule has 2 heterocycles. The van der Waals surface area contributed by atoms with Crippen molar-refractivity contribution in [2.45, 2.75) is 6.92 Å². The number of likely N-dealkylation sites (N-methyl/N-ethyl adjacent to an activating group) is 1. The largest absolute Gasteiger partial charge is 0.354 e. The minimum atomic E-state index is 0.290. The summed E-state index contributed by atoms with van der Waals surface area (Å²) in [7, 11) is 0. The van der Waals surface area contributed by atoms with Crippen LogP contribution in [0, 0.1) is 0 Å². The van der Waals surface area contributed by atoms with Gasteiger partial charge in [-0.1, -0.05) is 6.92 Å². The van der Waals surface area contributed by atoms with Crippen LogP contribution in [-0.2, 0) is 0 Å². The van der Waals surface area contributed by atoms with Crippen molar-refractivity contribution >= 4 is 11.6 Å². The van der Waals surface area contributed by atoms with Crippen molar-refractivity contribution in [2.24, 2.45) is 0 Å². The van der Waals surface area contributed by atoms with Gasteiger partial charge in [0, 0.05) is 32.2 Å². The van der Waals surface area contributed by atoms with Gasteiger partial charge in [-0.25, -0.2) is 9.97 Å². The Balaban J connectivity index is 2.01. The molecule has 15 heavy (non-hydrogen) atoms. The molecule has 0 unspecified atom stereocenters. The first-order chi connectivity index (χ1) is 7.29. The van der Waals surface area contributed by atoms with Crippen LogP contribution in [0.15, 0.2) is 12.4 Å². The first kappa shape index (κ1) is 10.2. The van der Waals surface area contributed by atoms with Crippen LogP contribution in [0.5, 0.6) is 0 Å². The summed E-state index contributed by atoms with van der Waals surface area (Å²) in [5.41, 5.74) is 7.44.